The second kappa shape index (κ2) is 7.80. The van der Waals surface area contributed by atoms with Gasteiger partial charge >= 0.3 is 0 Å². The SMILES string of the molecule is CC.CC.Cc1ncc2cccc(C)c2n1. The van der Waals surface area contributed by atoms with Gasteiger partial charge in [-0.2, -0.15) is 0 Å². The molecular formula is C14H22N2. The highest BCUT2D eigenvalue weighted by Crippen LogP contribution is 2.14. The molecule has 0 aliphatic carbocycles. The molecule has 0 atom stereocenters. The van der Waals surface area contributed by atoms with Crippen LogP contribution in [0.15, 0.2) is 24.4 Å². The largest absolute Gasteiger partial charge is 0.241 e. The molecule has 0 N–H and O–H groups in total. The third kappa shape index (κ3) is 3.61. The predicted molar refractivity (Wildman–Crippen MR) is 71.7 cm³/mol. The van der Waals surface area contributed by atoms with Gasteiger partial charge in [0.1, 0.15) is 5.82 Å². The van der Waals surface area contributed by atoms with Gasteiger partial charge in [-0.25, -0.2) is 9.97 Å². The molecule has 2 heteroatoms. The Kier molecular flexibility index (Phi) is 7.10. The molecule has 2 rings (SSSR count). The van der Waals surface area contributed by atoms with Gasteiger partial charge in [0.2, 0.25) is 0 Å². The number of aromatic nitrogens is 2. The van der Waals surface area contributed by atoms with Gasteiger partial charge in [-0.05, 0) is 19.4 Å². The van der Waals surface area contributed by atoms with Gasteiger partial charge in [0.05, 0.1) is 5.52 Å². The number of nitrogens with zero attached hydrogens (tertiary/aromatic N) is 2. The zero-order valence-corrected chi connectivity index (χ0v) is 11.2. The van der Waals surface area contributed by atoms with Crippen LogP contribution in [0, 0.1) is 13.8 Å². The Balaban J connectivity index is 0.000000509. The van der Waals surface area contributed by atoms with E-state index >= 15 is 0 Å². The van der Waals surface area contributed by atoms with Crippen LogP contribution in [0.5, 0.6) is 0 Å². The van der Waals surface area contributed by atoms with Gasteiger partial charge in [0.25, 0.3) is 0 Å². The summed E-state index contributed by atoms with van der Waals surface area (Å²) in [6.45, 7) is 12.0. The zero-order chi connectivity index (χ0) is 12.6. The van der Waals surface area contributed by atoms with Crippen LogP contribution in [0.2, 0.25) is 0 Å². The summed E-state index contributed by atoms with van der Waals surface area (Å²) in [6.07, 6.45) is 1.87. The normalized spacial score (nSPS) is 8.62. The van der Waals surface area contributed by atoms with Crippen LogP contribution in [0.1, 0.15) is 39.1 Å². The predicted octanol–water partition coefficient (Wildman–Crippen LogP) is 4.30. The van der Waals surface area contributed by atoms with E-state index in [1.807, 2.05) is 52.9 Å². The van der Waals surface area contributed by atoms with Crippen molar-refractivity contribution >= 4 is 10.9 Å². The first kappa shape index (κ1) is 14.6. The molecule has 0 fully saturated rings. The van der Waals surface area contributed by atoms with Crippen LogP contribution in [0.4, 0.5) is 0 Å². The van der Waals surface area contributed by atoms with Crippen molar-refractivity contribution in [2.45, 2.75) is 41.5 Å². The fraction of sp³-hybridized carbons (Fsp3) is 0.429. The van der Waals surface area contributed by atoms with Crippen molar-refractivity contribution in [3.8, 4) is 0 Å². The van der Waals surface area contributed by atoms with Crippen LogP contribution >= 0.6 is 0 Å². The minimum atomic E-state index is 0.830. The Morgan fingerprint density at radius 2 is 1.56 bits per heavy atom. The molecular weight excluding hydrogens is 196 g/mol. The highest BCUT2D eigenvalue weighted by Gasteiger charge is 1.97. The number of fused-ring (bicyclic) bond motifs is 1. The number of aryl methyl sites for hydroxylation is 2. The first-order valence-corrected chi connectivity index (χ1v) is 5.96. The Morgan fingerprint density at radius 3 is 2.19 bits per heavy atom. The molecule has 2 aromatic rings. The molecule has 88 valence electrons. The fourth-order valence-electron chi connectivity index (χ4n) is 1.29. The summed E-state index contributed by atoms with van der Waals surface area (Å²) in [5, 5.41) is 1.11. The lowest BCUT2D eigenvalue weighted by Gasteiger charge is -2.00. The summed E-state index contributed by atoms with van der Waals surface area (Å²) >= 11 is 0. The lowest BCUT2D eigenvalue weighted by Crippen LogP contribution is -1.89. The summed E-state index contributed by atoms with van der Waals surface area (Å²) in [5.41, 5.74) is 2.27. The van der Waals surface area contributed by atoms with Gasteiger partial charge in [-0.3, -0.25) is 0 Å². The van der Waals surface area contributed by atoms with Gasteiger partial charge in [-0.1, -0.05) is 45.9 Å². The highest BCUT2D eigenvalue weighted by molar-refractivity contribution is 5.80. The van der Waals surface area contributed by atoms with Crippen molar-refractivity contribution in [1.82, 2.24) is 9.97 Å². The molecule has 0 saturated carbocycles. The van der Waals surface area contributed by atoms with E-state index in [1.54, 1.807) is 0 Å². The third-order valence-electron chi connectivity index (χ3n) is 1.93. The maximum atomic E-state index is 4.36. The summed E-state index contributed by atoms with van der Waals surface area (Å²) < 4.78 is 0. The number of rotatable bonds is 0. The average molecular weight is 218 g/mol. The second-order valence-corrected chi connectivity index (χ2v) is 2.93. The van der Waals surface area contributed by atoms with E-state index in [1.165, 1.54) is 5.56 Å². The standard InChI is InChI=1S/C10H10N2.2C2H6/c1-7-4-3-5-9-6-11-8(2)12-10(7)9;2*1-2/h3-6H,1-2H3;2*1-2H3. The van der Waals surface area contributed by atoms with E-state index in [-0.39, 0.29) is 0 Å². The maximum Gasteiger partial charge on any atom is 0.125 e. The molecule has 0 spiro atoms. The Labute approximate surface area is 98.8 Å². The van der Waals surface area contributed by atoms with Crippen LogP contribution < -0.4 is 0 Å². The lowest BCUT2D eigenvalue weighted by molar-refractivity contribution is 1.09. The summed E-state index contributed by atoms with van der Waals surface area (Å²) in [7, 11) is 0. The number of benzene rings is 1. The minimum absolute atomic E-state index is 0.830. The van der Waals surface area contributed by atoms with Crippen molar-refractivity contribution < 1.29 is 0 Å². The maximum absolute atomic E-state index is 4.36. The second-order valence-electron chi connectivity index (χ2n) is 2.93. The summed E-state index contributed by atoms with van der Waals surface area (Å²) in [5.74, 6) is 0.830. The molecule has 1 aromatic carbocycles. The van der Waals surface area contributed by atoms with Crippen molar-refractivity contribution in [2.75, 3.05) is 0 Å². The van der Waals surface area contributed by atoms with E-state index in [4.69, 9.17) is 0 Å². The van der Waals surface area contributed by atoms with E-state index in [0.717, 1.165) is 16.7 Å². The molecule has 1 aromatic heterocycles. The Bertz CT molecular complexity index is 422. The molecule has 2 nitrogen and oxygen atoms in total. The van der Waals surface area contributed by atoms with Crippen LogP contribution in [0.3, 0.4) is 0 Å². The number of hydrogen-bond donors (Lipinski definition) is 0. The van der Waals surface area contributed by atoms with E-state index in [2.05, 4.69) is 23.0 Å². The molecule has 16 heavy (non-hydrogen) atoms. The van der Waals surface area contributed by atoms with E-state index in [9.17, 15) is 0 Å². The monoisotopic (exact) mass is 218 g/mol. The molecule has 0 amide bonds. The molecule has 0 saturated heterocycles. The van der Waals surface area contributed by atoms with Crippen molar-refractivity contribution in [3.05, 3.63) is 35.8 Å². The van der Waals surface area contributed by atoms with Gasteiger partial charge in [0, 0.05) is 11.6 Å². The summed E-state index contributed by atoms with van der Waals surface area (Å²) in [6, 6.07) is 6.12. The molecule has 0 radical (unpaired) electrons. The molecule has 1 heterocycles. The van der Waals surface area contributed by atoms with Crippen molar-refractivity contribution in [2.24, 2.45) is 0 Å². The van der Waals surface area contributed by atoms with Gasteiger partial charge in [0.15, 0.2) is 0 Å². The highest BCUT2D eigenvalue weighted by atomic mass is 14.9. The van der Waals surface area contributed by atoms with Crippen molar-refractivity contribution in [1.29, 1.82) is 0 Å². The third-order valence-corrected chi connectivity index (χ3v) is 1.93. The molecule has 0 aliphatic rings. The van der Waals surface area contributed by atoms with E-state index < -0.39 is 0 Å². The Hall–Kier alpha value is -1.44. The zero-order valence-electron chi connectivity index (χ0n) is 11.2. The topological polar surface area (TPSA) is 25.8 Å². The Morgan fingerprint density at radius 1 is 0.938 bits per heavy atom. The van der Waals surface area contributed by atoms with Gasteiger partial charge < -0.3 is 0 Å². The molecule has 0 unspecified atom stereocenters. The lowest BCUT2D eigenvalue weighted by atomic mass is 10.1. The smallest absolute Gasteiger partial charge is 0.125 e. The number of para-hydroxylation sites is 1. The number of hydrogen-bond acceptors (Lipinski definition) is 2. The first-order chi connectivity index (χ1) is 7.77. The molecule has 0 aliphatic heterocycles. The molecule has 0 bridgehead atoms. The summed E-state index contributed by atoms with van der Waals surface area (Å²) in [4.78, 5) is 8.50. The minimum Gasteiger partial charge on any atom is -0.241 e. The van der Waals surface area contributed by atoms with Crippen molar-refractivity contribution in [3.63, 3.8) is 0 Å². The average Bonchev–Trinajstić information content (AvgIpc) is 2.35. The fourth-order valence-corrected chi connectivity index (χ4v) is 1.29. The van der Waals surface area contributed by atoms with E-state index in [0.29, 0.717) is 0 Å². The van der Waals surface area contributed by atoms with Crippen LogP contribution in [0.25, 0.3) is 10.9 Å². The quantitative estimate of drug-likeness (QED) is 0.659. The van der Waals surface area contributed by atoms with Crippen LogP contribution in [-0.2, 0) is 0 Å². The van der Waals surface area contributed by atoms with Gasteiger partial charge in [-0.15, -0.1) is 0 Å². The first-order valence-electron chi connectivity index (χ1n) is 5.96. The van der Waals surface area contributed by atoms with Crippen LogP contribution in [-0.4, -0.2) is 9.97 Å².